The summed E-state index contributed by atoms with van der Waals surface area (Å²) in [5.41, 5.74) is -0.196. The molecule has 0 radical (unpaired) electrons. The second kappa shape index (κ2) is 5.40. The molecule has 4 rings (SSSR count). The zero-order valence-corrected chi connectivity index (χ0v) is 14.1. The maximum atomic E-state index is 12.6. The molecule has 0 aromatic heterocycles. The minimum Gasteiger partial charge on any atom is -1.00 e. The minimum atomic E-state index is -0.217. The van der Waals surface area contributed by atoms with E-state index in [1.165, 1.54) is 43.6 Å². The van der Waals surface area contributed by atoms with E-state index in [1.54, 1.807) is 0 Å². The second-order valence-electron chi connectivity index (χ2n) is 7.61. The summed E-state index contributed by atoms with van der Waals surface area (Å²) in [5.74, 6) is 2.60. The molecular weight excluding hydrogens is 258 g/mol. The summed E-state index contributed by atoms with van der Waals surface area (Å²) in [7, 11) is 0. The van der Waals surface area contributed by atoms with Crippen molar-refractivity contribution in [3.8, 4) is 0 Å². The van der Waals surface area contributed by atoms with Crippen LogP contribution in [0.15, 0.2) is 0 Å². The van der Waals surface area contributed by atoms with Gasteiger partial charge in [0.2, 0.25) is 0 Å². The number of hydroxylamine groups is 2. The topological polar surface area (TPSA) is 26.3 Å². The third-order valence-electron chi connectivity index (χ3n) is 5.05. The van der Waals surface area contributed by atoms with Crippen LogP contribution < -0.4 is 12.4 Å². The average Bonchev–Trinajstić information content (AvgIpc) is 2.12. The van der Waals surface area contributed by atoms with Crippen molar-refractivity contribution in [2.45, 2.75) is 70.4 Å². The van der Waals surface area contributed by atoms with Gasteiger partial charge in [-0.2, -0.15) is 0 Å². The first-order valence-electron chi connectivity index (χ1n) is 6.86. The molecule has 0 unspecified atom stereocenters. The molecule has 4 fully saturated rings. The number of nitrogens with zero attached hydrogens (tertiary/aromatic N) is 1. The molecule has 4 saturated carbocycles. The Morgan fingerprint density at radius 1 is 0.944 bits per heavy atom. The van der Waals surface area contributed by atoms with Crippen LogP contribution in [0.3, 0.4) is 0 Å². The van der Waals surface area contributed by atoms with Crippen LogP contribution >= 0.6 is 0 Å². The van der Waals surface area contributed by atoms with Crippen molar-refractivity contribution in [2.24, 2.45) is 17.8 Å². The Balaban J connectivity index is 0.000000810. The largest absolute Gasteiger partial charge is 2.00 e. The van der Waals surface area contributed by atoms with E-state index in [2.05, 4.69) is 20.8 Å². The summed E-state index contributed by atoms with van der Waals surface area (Å²) < 4.78 is 0. The molecule has 0 aliphatic heterocycles. The smallest absolute Gasteiger partial charge is 1.00 e. The van der Waals surface area contributed by atoms with Crippen molar-refractivity contribution in [2.75, 3.05) is 0 Å². The maximum absolute atomic E-state index is 12.6. The van der Waals surface area contributed by atoms with Crippen LogP contribution in [0.4, 0.5) is 0 Å². The van der Waals surface area contributed by atoms with E-state index in [0.717, 1.165) is 17.8 Å². The Bertz CT molecular complexity index is 267. The molecule has 0 amide bonds. The van der Waals surface area contributed by atoms with Gasteiger partial charge in [-0.1, -0.05) is 0 Å². The Hall–Kier alpha value is 0.976. The first kappa shape index (κ1) is 17.0. The summed E-state index contributed by atoms with van der Waals surface area (Å²) in [4.78, 5) is 0. The van der Waals surface area contributed by atoms with Gasteiger partial charge >= 0.3 is 23.1 Å². The van der Waals surface area contributed by atoms with Crippen molar-refractivity contribution >= 4 is 23.1 Å². The molecule has 2 nitrogen and oxygen atoms in total. The molecule has 0 aromatic carbocycles. The number of hydrogen-bond donors (Lipinski definition) is 0. The average molecular weight is 282 g/mol. The van der Waals surface area contributed by atoms with Crippen LogP contribution in [-0.4, -0.2) is 39.2 Å². The molecule has 0 spiro atoms. The Morgan fingerprint density at radius 3 is 1.56 bits per heavy atom. The zero-order valence-electron chi connectivity index (χ0n) is 11.9. The van der Waals surface area contributed by atoms with Gasteiger partial charge in [-0.3, -0.25) is 0 Å². The molecule has 0 saturated heterocycles. The summed E-state index contributed by atoms with van der Waals surface area (Å²) >= 11 is 0. The number of hydrogen-bond acceptors (Lipinski definition) is 2. The summed E-state index contributed by atoms with van der Waals surface area (Å²) in [6.45, 7) is 6.20. The van der Waals surface area contributed by atoms with E-state index in [-0.39, 0.29) is 46.5 Å². The van der Waals surface area contributed by atoms with Gasteiger partial charge in [-0.05, 0) is 77.0 Å². The molecule has 4 heteroatoms. The number of rotatable bonds is 1. The maximum Gasteiger partial charge on any atom is 2.00 e. The Labute approximate surface area is 133 Å². The summed E-state index contributed by atoms with van der Waals surface area (Å²) in [6.07, 6.45) is 7.78. The molecule has 4 aliphatic carbocycles. The van der Waals surface area contributed by atoms with Gasteiger partial charge in [0.05, 0.1) is 0 Å². The Kier molecular flexibility index (Phi) is 5.11. The van der Waals surface area contributed by atoms with Crippen molar-refractivity contribution in [3.05, 3.63) is 5.21 Å². The quantitative estimate of drug-likeness (QED) is 0.506. The third kappa shape index (κ3) is 2.71. The monoisotopic (exact) mass is 281 g/mol. The summed E-state index contributed by atoms with van der Waals surface area (Å²) in [6, 6.07) is 0. The van der Waals surface area contributed by atoms with Gasteiger partial charge in [-0.25, -0.2) is 0 Å². The molecular formula is C14H24ClMgNO. The van der Waals surface area contributed by atoms with E-state index < -0.39 is 0 Å². The van der Waals surface area contributed by atoms with Gasteiger partial charge in [0.15, 0.2) is 0 Å². The molecule has 18 heavy (non-hydrogen) atoms. The van der Waals surface area contributed by atoms with E-state index in [9.17, 15) is 5.21 Å². The minimum absolute atomic E-state index is 0. The van der Waals surface area contributed by atoms with Crippen molar-refractivity contribution < 1.29 is 12.4 Å². The van der Waals surface area contributed by atoms with Gasteiger partial charge in [0, 0.05) is 11.1 Å². The fraction of sp³-hybridized carbons (Fsp3) is 1.00. The molecule has 0 N–H and O–H groups in total. The third-order valence-corrected chi connectivity index (χ3v) is 5.05. The van der Waals surface area contributed by atoms with Crippen LogP contribution in [-0.2, 0) is 0 Å². The van der Waals surface area contributed by atoms with Crippen molar-refractivity contribution in [1.82, 2.24) is 5.06 Å². The normalized spacial score (nSPS) is 41.5. The van der Waals surface area contributed by atoms with E-state index >= 15 is 0 Å². The fourth-order valence-corrected chi connectivity index (χ4v) is 5.03. The molecule has 4 bridgehead atoms. The van der Waals surface area contributed by atoms with Crippen LogP contribution in [0.5, 0.6) is 0 Å². The van der Waals surface area contributed by atoms with Crippen LogP contribution in [0.2, 0.25) is 0 Å². The van der Waals surface area contributed by atoms with Gasteiger partial charge in [0.25, 0.3) is 0 Å². The SMILES string of the molecule is CC(C)(C)N([O-])C12CC3CC(CC(C3)C1)C2.[Cl-].[Mg+2]. The number of halogens is 1. The molecule has 0 aromatic rings. The van der Waals surface area contributed by atoms with Crippen LogP contribution in [0.1, 0.15) is 59.3 Å². The standard InChI is InChI=1S/C14H24NO.ClH.Mg/c1-13(2,3)15(16)14-7-10-4-11(8-14)6-12(5-10)9-14;;/h10-12H,4-9H2,1-3H3;1H;/q-1;;+2/p-1. The molecule has 0 atom stereocenters. The predicted molar refractivity (Wildman–Crippen MR) is 71.6 cm³/mol. The van der Waals surface area contributed by atoms with E-state index in [0.29, 0.717) is 0 Å². The van der Waals surface area contributed by atoms with Crippen LogP contribution in [0.25, 0.3) is 0 Å². The molecule has 100 valence electrons. The predicted octanol–water partition coefficient (Wildman–Crippen LogP) is 0.177. The first-order chi connectivity index (χ1) is 7.39. The van der Waals surface area contributed by atoms with Gasteiger partial charge in [-0.15, -0.1) is 0 Å². The van der Waals surface area contributed by atoms with Crippen molar-refractivity contribution in [1.29, 1.82) is 0 Å². The molecule has 0 heterocycles. The van der Waals surface area contributed by atoms with E-state index in [4.69, 9.17) is 0 Å². The van der Waals surface area contributed by atoms with Gasteiger partial charge in [0.1, 0.15) is 0 Å². The zero-order chi connectivity index (χ0) is 11.6. The van der Waals surface area contributed by atoms with E-state index in [1.807, 2.05) is 0 Å². The van der Waals surface area contributed by atoms with Crippen LogP contribution in [0, 0.1) is 23.0 Å². The molecule has 4 aliphatic rings. The fourth-order valence-electron chi connectivity index (χ4n) is 5.03. The second-order valence-corrected chi connectivity index (χ2v) is 7.61. The Morgan fingerprint density at radius 2 is 1.28 bits per heavy atom. The summed E-state index contributed by atoms with van der Waals surface area (Å²) in [5, 5.41) is 14.1. The van der Waals surface area contributed by atoms with Gasteiger partial charge < -0.3 is 22.7 Å². The van der Waals surface area contributed by atoms with Crippen molar-refractivity contribution in [3.63, 3.8) is 0 Å². The first-order valence-corrected chi connectivity index (χ1v) is 6.86.